The van der Waals surface area contributed by atoms with Crippen LogP contribution in [-0.4, -0.2) is 16.4 Å². The summed E-state index contributed by atoms with van der Waals surface area (Å²) in [6, 6.07) is 5.46. The number of hydrogen-bond donors (Lipinski definition) is 1. The Morgan fingerprint density at radius 3 is 2.71 bits per heavy atom. The van der Waals surface area contributed by atoms with Gasteiger partial charge in [0.15, 0.2) is 0 Å². The summed E-state index contributed by atoms with van der Waals surface area (Å²) in [7, 11) is 0. The first-order valence-corrected chi connectivity index (χ1v) is 5.72. The lowest BCUT2D eigenvalue weighted by molar-refractivity contribution is 0.0695. The summed E-state index contributed by atoms with van der Waals surface area (Å²) in [5, 5.41) is 9.79. The maximum absolute atomic E-state index is 10.9. The zero-order chi connectivity index (χ0) is 10.6. The van der Waals surface area contributed by atoms with Gasteiger partial charge in [0, 0.05) is 5.33 Å². The number of benzene rings is 1. The van der Waals surface area contributed by atoms with E-state index in [-0.39, 0.29) is 0 Å². The number of hydrogen-bond acceptors (Lipinski definition) is 1. The molecular weight excluding hydrogens is 244 g/mol. The van der Waals surface area contributed by atoms with Gasteiger partial charge in [-0.15, -0.1) is 0 Å². The quantitative estimate of drug-likeness (QED) is 0.842. The Balaban J connectivity index is 3.20. The normalized spacial score (nSPS) is 10.1. The molecule has 0 fully saturated rings. The van der Waals surface area contributed by atoms with Crippen LogP contribution in [0.15, 0.2) is 18.2 Å². The van der Waals surface area contributed by atoms with Gasteiger partial charge in [-0.05, 0) is 30.0 Å². The number of carboxylic acid groups (broad SMARTS) is 1. The minimum atomic E-state index is -0.837. The van der Waals surface area contributed by atoms with E-state index in [0.29, 0.717) is 5.56 Å². The first kappa shape index (κ1) is 11.2. The average Bonchev–Trinajstić information content (AvgIpc) is 2.18. The van der Waals surface area contributed by atoms with Crippen LogP contribution in [0.5, 0.6) is 0 Å². The van der Waals surface area contributed by atoms with E-state index in [9.17, 15) is 4.79 Å². The summed E-state index contributed by atoms with van der Waals surface area (Å²) in [5.41, 5.74) is 2.52. The number of carboxylic acids is 1. The van der Waals surface area contributed by atoms with Crippen LogP contribution in [0.4, 0.5) is 0 Å². The predicted molar refractivity (Wildman–Crippen MR) is 60.3 cm³/mol. The van der Waals surface area contributed by atoms with Crippen LogP contribution in [0.25, 0.3) is 0 Å². The average molecular weight is 257 g/mol. The highest BCUT2D eigenvalue weighted by atomic mass is 79.9. The van der Waals surface area contributed by atoms with E-state index in [1.54, 1.807) is 12.1 Å². The van der Waals surface area contributed by atoms with E-state index >= 15 is 0 Å². The maximum Gasteiger partial charge on any atom is 0.335 e. The first-order chi connectivity index (χ1) is 6.70. The van der Waals surface area contributed by atoms with Crippen molar-refractivity contribution >= 4 is 21.9 Å². The fourth-order valence-electron chi connectivity index (χ4n) is 1.56. The molecule has 1 aromatic rings. The second-order valence-corrected chi connectivity index (χ2v) is 3.83. The molecule has 1 rings (SSSR count). The molecule has 0 aromatic heterocycles. The van der Waals surface area contributed by atoms with E-state index < -0.39 is 5.97 Å². The van der Waals surface area contributed by atoms with Crippen LogP contribution < -0.4 is 0 Å². The first-order valence-electron chi connectivity index (χ1n) is 4.60. The van der Waals surface area contributed by atoms with Gasteiger partial charge in [0.1, 0.15) is 0 Å². The molecule has 0 saturated carbocycles. The van der Waals surface area contributed by atoms with E-state index in [4.69, 9.17) is 5.11 Å². The van der Waals surface area contributed by atoms with Crippen molar-refractivity contribution in [3.63, 3.8) is 0 Å². The summed E-state index contributed by atoms with van der Waals surface area (Å²) in [6.45, 7) is 2.04. The van der Waals surface area contributed by atoms with Crippen LogP contribution in [0.2, 0.25) is 0 Å². The number of halogens is 1. The van der Waals surface area contributed by atoms with Gasteiger partial charge >= 0.3 is 5.97 Å². The molecule has 0 saturated heterocycles. The number of aromatic carboxylic acids is 1. The van der Waals surface area contributed by atoms with Crippen molar-refractivity contribution in [2.75, 3.05) is 5.33 Å². The summed E-state index contributed by atoms with van der Waals surface area (Å²) >= 11 is 3.34. The molecule has 0 amide bonds. The molecule has 2 nitrogen and oxygen atoms in total. The van der Waals surface area contributed by atoms with Gasteiger partial charge in [0.2, 0.25) is 0 Å². The minimum absolute atomic E-state index is 0.434. The number of aryl methyl sites for hydroxylation is 1. The second-order valence-electron chi connectivity index (χ2n) is 3.04. The molecule has 0 unspecified atom stereocenters. The highest BCUT2D eigenvalue weighted by molar-refractivity contribution is 9.09. The third kappa shape index (κ3) is 2.35. The van der Waals surface area contributed by atoms with Crippen molar-refractivity contribution in [2.45, 2.75) is 19.8 Å². The van der Waals surface area contributed by atoms with Crippen molar-refractivity contribution in [3.05, 3.63) is 34.9 Å². The molecule has 0 aliphatic rings. The van der Waals surface area contributed by atoms with Crippen LogP contribution in [0.3, 0.4) is 0 Å². The molecule has 3 heteroatoms. The Labute approximate surface area is 92.1 Å². The largest absolute Gasteiger partial charge is 0.478 e. The fraction of sp³-hybridized carbons (Fsp3) is 0.364. The van der Waals surface area contributed by atoms with Crippen LogP contribution in [0, 0.1) is 0 Å². The molecule has 0 heterocycles. The zero-order valence-corrected chi connectivity index (χ0v) is 9.67. The van der Waals surface area contributed by atoms with Gasteiger partial charge in [0.05, 0.1) is 5.56 Å². The van der Waals surface area contributed by atoms with Crippen LogP contribution >= 0.6 is 15.9 Å². The fourth-order valence-corrected chi connectivity index (χ4v) is 1.95. The monoisotopic (exact) mass is 256 g/mol. The zero-order valence-electron chi connectivity index (χ0n) is 8.09. The Bertz CT molecular complexity index is 334. The molecule has 0 bridgehead atoms. The highest BCUT2D eigenvalue weighted by Gasteiger charge is 2.11. The highest BCUT2D eigenvalue weighted by Crippen LogP contribution is 2.17. The van der Waals surface area contributed by atoms with Gasteiger partial charge in [-0.25, -0.2) is 4.79 Å². The molecule has 0 radical (unpaired) electrons. The van der Waals surface area contributed by atoms with Crippen molar-refractivity contribution in [1.29, 1.82) is 0 Å². The van der Waals surface area contributed by atoms with Gasteiger partial charge in [-0.1, -0.05) is 35.0 Å². The molecule has 14 heavy (non-hydrogen) atoms. The van der Waals surface area contributed by atoms with Gasteiger partial charge in [-0.2, -0.15) is 0 Å². The molecule has 1 N–H and O–H groups in total. The molecule has 76 valence electrons. The molecule has 0 spiro atoms. The Morgan fingerprint density at radius 2 is 2.21 bits per heavy atom. The van der Waals surface area contributed by atoms with Crippen molar-refractivity contribution < 1.29 is 9.90 Å². The van der Waals surface area contributed by atoms with Crippen molar-refractivity contribution in [1.82, 2.24) is 0 Å². The van der Waals surface area contributed by atoms with E-state index in [0.717, 1.165) is 29.3 Å². The third-order valence-corrected chi connectivity index (χ3v) is 2.63. The van der Waals surface area contributed by atoms with E-state index in [2.05, 4.69) is 15.9 Å². The van der Waals surface area contributed by atoms with E-state index in [1.807, 2.05) is 13.0 Å². The molecule has 1 aromatic carbocycles. The van der Waals surface area contributed by atoms with E-state index in [1.165, 1.54) is 0 Å². The predicted octanol–water partition coefficient (Wildman–Crippen LogP) is 2.88. The smallest absolute Gasteiger partial charge is 0.335 e. The van der Waals surface area contributed by atoms with Crippen LogP contribution in [0.1, 0.15) is 28.4 Å². The Morgan fingerprint density at radius 1 is 1.50 bits per heavy atom. The lowest BCUT2D eigenvalue weighted by Crippen LogP contribution is -2.06. The number of rotatable bonds is 4. The van der Waals surface area contributed by atoms with Gasteiger partial charge < -0.3 is 5.11 Å². The Hall–Kier alpha value is -0.830. The van der Waals surface area contributed by atoms with Gasteiger partial charge in [-0.3, -0.25) is 0 Å². The Kier molecular flexibility index (Phi) is 4.14. The summed E-state index contributed by atoms with van der Waals surface area (Å²) in [4.78, 5) is 10.9. The lowest BCUT2D eigenvalue weighted by Gasteiger charge is -2.09. The number of carbonyl (C=O) groups is 1. The summed E-state index contributed by atoms with van der Waals surface area (Å²) in [5.74, 6) is -0.837. The standard InChI is InChI=1S/C11H13BrO2/c1-2-8-4-3-5-10(11(13)14)9(8)6-7-12/h3-5H,2,6-7H2,1H3,(H,13,14). The topological polar surface area (TPSA) is 37.3 Å². The molecule has 0 atom stereocenters. The third-order valence-electron chi connectivity index (χ3n) is 2.23. The second kappa shape index (κ2) is 5.15. The molecule has 0 aliphatic heterocycles. The summed E-state index contributed by atoms with van der Waals surface area (Å²) < 4.78 is 0. The van der Waals surface area contributed by atoms with Gasteiger partial charge in [0.25, 0.3) is 0 Å². The molecular formula is C11H13BrO2. The minimum Gasteiger partial charge on any atom is -0.478 e. The summed E-state index contributed by atoms with van der Waals surface area (Å²) in [6.07, 6.45) is 1.65. The maximum atomic E-state index is 10.9. The van der Waals surface area contributed by atoms with Crippen molar-refractivity contribution in [3.8, 4) is 0 Å². The van der Waals surface area contributed by atoms with Crippen LogP contribution in [-0.2, 0) is 12.8 Å². The lowest BCUT2D eigenvalue weighted by atomic mass is 9.97. The SMILES string of the molecule is CCc1cccc(C(=O)O)c1CCBr. The van der Waals surface area contributed by atoms with Crippen molar-refractivity contribution in [2.24, 2.45) is 0 Å². The molecule has 0 aliphatic carbocycles. The number of alkyl halides is 1.